The Morgan fingerprint density at radius 2 is 1.70 bits per heavy atom. The topological polar surface area (TPSA) is 138 Å². The van der Waals surface area contributed by atoms with E-state index in [1.54, 1.807) is 22.1 Å². The highest BCUT2D eigenvalue weighted by molar-refractivity contribution is 5.89. The van der Waals surface area contributed by atoms with Gasteiger partial charge in [-0.05, 0) is 62.9 Å². The number of nitrogens with zero attached hydrogens (tertiary/aromatic N) is 5. The van der Waals surface area contributed by atoms with Crippen molar-refractivity contribution in [1.82, 2.24) is 29.6 Å². The van der Waals surface area contributed by atoms with Crippen LogP contribution in [-0.2, 0) is 16.1 Å². The normalized spacial score (nSPS) is 25.3. The number of benzene rings is 1. The molecule has 46 heavy (non-hydrogen) atoms. The molecule has 0 spiro atoms. The molecule has 5 rings (SSSR count). The molecule has 2 aliphatic heterocycles. The molecule has 3 aliphatic rings. The molecule has 3 fully saturated rings. The van der Waals surface area contributed by atoms with E-state index < -0.39 is 11.2 Å². The number of urea groups is 1. The Kier molecular flexibility index (Phi) is 11.5. The van der Waals surface area contributed by atoms with E-state index in [9.17, 15) is 14.4 Å². The summed E-state index contributed by atoms with van der Waals surface area (Å²) in [6.45, 7) is 14.0. The second kappa shape index (κ2) is 14.8. The quantitative estimate of drug-likeness (QED) is 0.413. The van der Waals surface area contributed by atoms with Crippen molar-refractivity contribution in [3.63, 3.8) is 0 Å². The van der Waals surface area contributed by atoms with Crippen LogP contribution in [0.25, 0.3) is 5.69 Å². The van der Waals surface area contributed by atoms with E-state index in [-0.39, 0.29) is 41.8 Å². The largest absolute Gasteiger partial charge is 0.360 e. The maximum Gasteiger partial charge on any atom is 0.354 e. The van der Waals surface area contributed by atoms with Crippen LogP contribution in [0.1, 0.15) is 65.9 Å². The molecular formula is C33H51ClN8O4. The molecule has 254 valence electrons. The molecule has 2 saturated heterocycles. The van der Waals surface area contributed by atoms with Crippen molar-refractivity contribution in [3.05, 3.63) is 52.6 Å². The second-order valence-electron chi connectivity index (χ2n) is 14.0. The van der Waals surface area contributed by atoms with Crippen LogP contribution in [0.4, 0.5) is 10.6 Å². The minimum atomic E-state index is -0.795. The van der Waals surface area contributed by atoms with Crippen LogP contribution >= 0.6 is 12.4 Å². The number of carbonyl (C=O) groups is 2. The number of halogens is 1. The molecule has 1 aliphatic carbocycles. The highest BCUT2D eigenvalue weighted by Crippen LogP contribution is 2.29. The Hall–Kier alpha value is -3.03. The molecule has 0 radical (unpaired) electrons. The molecule has 4 N–H and O–H groups in total. The number of hydrogen-bond acceptors (Lipinski definition) is 8. The summed E-state index contributed by atoms with van der Waals surface area (Å²) in [6, 6.07) is 10.1. The number of ether oxygens (including phenoxy) is 1. The SMILES string of the molecule is CCN(Cc1ccc(-n2ccc(NC(=O)N3CCN(C(=O)[C@]4(C)CO[C@H](C(C)(C)C)N4)CC3)nc2=O)cc1)C1CCC(N)CC1.Cl. The first-order valence-corrected chi connectivity index (χ1v) is 16.3. The van der Waals surface area contributed by atoms with Crippen molar-refractivity contribution >= 4 is 30.2 Å². The van der Waals surface area contributed by atoms with Gasteiger partial charge in [-0.1, -0.05) is 39.8 Å². The Morgan fingerprint density at radius 1 is 1.07 bits per heavy atom. The third kappa shape index (κ3) is 8.27. The van der Waals surface area contributed by atoms with Gasteiger partial charge in [0.05, 0.1) is 12.3 Å². The number of nitrogens with one attached hydrogen (secondary N) is 2. The van der Waals surface area contributed by atoms with Crippen LogP contribution in [0, 0.1) is 5.41 Å². The minimum absolute atomic E-state index is 0. The average Bonchev–Trinajstić information content (AvgIpc) is 3.44. The van der Waals surface area contributed by atoms with Gasteiger partial charge in [0.1, 0.15) is 17.6 Å². The monoisotopic (exact) mass is 658 g/mol. The molecule has 2 atom stereocenters. The number of amides is 3. The first-order chi connectivity index (χ1) is 21.4. The molecule has 0 bridgehead atoms. The van der Waals surface area contributed by atoms with Crippen LogP contribution in [0.2, 0.25) is 0 Å². The van der Waals surface area contributed by atoms with Gasteiger partial charge in [0, 0.05) is 56.4 Å². The van der Waals surface area contributed by atoms with Crippen molar-refractivity contribution in [2.75, 3.05) is 44.6 Å². The smallest absolute Gasteiger partial charge is 0.354 e. The van der Waals surface area contributed by atoms with Crippen molar-refractivity contribution in [1.29, 1.82) is 0 Å². The van der Waals surface area contributed by atoms with Gasteiger partial charge in [0.25, 0.3) is 0 Å². The highest BCUT2D eigenvalue weighted by Gasteiger charge is 2.47. The molecule has 13 heteroatoms. The second-order valence-corrected chi connectivity index (χ2v) is 14.0. The van der Waals surface area contributed by atoms with Crippen molar-refractivity contribution in [2.24, 2.45) is 11.1 Å². The number of aromatic nitrogens is 2. The number of piperazine rings is 1. The maximum absolute atomic E-state index is 13.3. The Bertz CT molecular complexity index is 1400. The van der Waals surface area contributed by atoms with Crippen LogP contribution in [0.5, 0.6) is 0 Å². The molecular weight excluding hydrogens is 608 g/mol. The van der Waals surface area contributed by atoms with E-state index in [0.717, 1.165) is 38.8 Å². The average molecular weight is 659 g/mol. The third-order valence-electron chi connectivity index (χ3n) is 9.40. The predicted octanol–water partition coefficient (Wildman–Crippen LogP) is 3.17. The summed E-state index contributed by atoms with van der Waals surface area (Å²) < 4.78 is 7.36. The fourth-order valence-electron chi connectivity index (χ4n) is 6.49. The van der Waals surface area contributed by atoms with E-state index in [1.807, 2.05) is 19.1 Å². The van der Waals surface area contributed by atoms with Crippen molar-refractivity contribution in [3.8, 4) is 5.69 Å². The van der Waals surface area contributed by atoms with Gasteiger partial charge in [0.2, 0.25) is 5.91 Å². The lowest BCUT2D eigenvalue weighted by Crippen LogP contribution is -2.61. The number of rotatable bonds is 7. The van der Waals surface area contributed by atoms with Gasteiger partial charge in [0.15, 0.2) is 0 Å². The first-order valence-electron chi connectivity index (χ1n) is 16.3. The predicted molar refractivity (Wildman–Crippen MR) is 181 cm³/mol. The van der Waals surface area contributed by atoms with E-state index >= 15 is 0 Å². The number of nitrogens with two attached hydrogens (primary N) is 1. The number of carbonyl (C=O) groups excluding carboxylic acids is 2. The molecule has 1 saturated carbocycles. The number of hydrogen-bond donors (Lipinski definition) is 3. The lowest BCUT2D eigenvalue weighted by molar-refractivity contribution is -0.138. The zero-order valence-corrected chi connectivity index (χ0v) is 28.6. The third-order valence-corrected chi connectivity index (χ3v) is 9.40. The minimum Gasteiger partial charge on any atom is -0.360 e. The first kappa shape index (κ1) is 35.8. The lowest BCUT2D eigenvalue weighted by atomic mass is 9.90. The van der Waals surface area contributed by atoms with Crippen molar-refractivity contribution in [2.45, 2.75) is 90.7 Å². The molecule has 3 heterocycles. The van der Waals surface area contributed by atoms with Gasteiger partial charge in [-0.25, -0.2) is 9.59 Å². The highest BCUT2D eigenvalue weighted by atomic mass is 35.5. The fraction of sp³-hybridized carbons (Fsp3) is 0.636. The van der Waals surface area contributed by atoms with E-state index in [0.29, 0.717) is 50.6 Å². The zero-order valence-electron chi connectivity index (χ0n) is 27.8. The Labute approximate surface area is 278 Å². The van der Waals surface area contributed by atoms with Gasteiger partial charge in [-0.15, -0.1) is 12.4 Å². The molecule has 1 aromatic heterocycles. The fourth-order valence-corrected chi connectivity index (χ4v) is 6.49. The summed E-state index contributed by atoms with van der Waals surface area (Å²) in [5.41, 5.74) is 6.61. The molecule has 2 aromatic rings. The lowest BCUT2D eigenvalue weighted by Gasteiger charge is -2.38. The van der Waals surface area contributed by atoms with E-state index in [1.165, 1.54) is 10.1 Å². The zero-order chi connectivity index (χ0) is 32.4. The van der Waals surface area contributed by atoms with E-state index in [2.05, 4.69) is 60.3 Å². The summed E-state index contributed by atoms with van der Waals surface area (Å²) in [7, 11) is 0. The van der Waals surface area contributed by atoms with Gasteiger partial charge in [-0.2, -0.15) is 4.98 Å². The van der Waals surface area contributed by atoms with Gasteiger partial charge < -0.3 is 20.3 Å². The van der Waals surface area contributed by atoms with Crippen LogP contribution < -0.4 is 22.1 Å². The Morgan fingerprint density at radius 3 is 2.26 bits per heavy atom. The van der Waals surface area contributed by atoms with Crippen molar-refractivity contribution < 1.29 is 14.3 Å². The maximum atomic E-state index is 13.3. The Balaban J connectivity index is 0.00000480. The summed E-state index contributed by atoms with van der Waals surface area (Å²) in [5, 5.41) is 6.11. The molecule has 3 amide bonds. The summed E-state index contributed by atoms with van der Waals surface area (Å²) >= 11 is 0. The summed E-state index contributed by atoms with van der Waals surface area (Å²) in [6.07, 6.45) is 5.86. The molecule has 0 unspecified atom stereocenters. The summed E-state index contributed by atoms with van der Waals surface area (Å²) in [5.74, 6) is 0.167. The molecule has 1 aromatic carbocycles. The number of anilines is 1. The van der Waals surface area contributed by atoms with Crippen LogP contribution in [0.15, 0.2) is 41.3 Å². The standard InChI is InChI=1S/C33H50N8O4.ClH/c1-6-38(25-13-9-24(34)10-14-25)21-23-7-11-26(12-8-23)41-16-15-27(36-31(41)44)35-30(43)40-19-17-39(18-20-40)29(42)33(5)22-45-28(37-33)32(2,3)4;/h7-8,11-12,15-16,24-25,28,37H,6,9-10,13-14,17-22,34H2,1-5H3,(H,35,36,43,44);1H/t24?,25?,28-,33+;/m1./s1. The molecule has 12 nitrogen and oxygen atoms in total. The van der Waals surface area contributed by atoms with Crippen LogP contribution in [-0.4, -0.2) is 99.4 Å². The summed E-state index contributed by atoms with van der Waals surface area (Å²) in [4.78, 5) is 49.2. The van der Waals surface area contributed by atoms with Crippen LogP contribution in [0.3, 0.4) is 0 Å². The van der Waals surface area contributed by atoms with Gasteiger partial charge in [-0.3, -0.25) is 24.9 Å². The van der Waals surface area contributed by atoms with Gasteiger partial charge >= 0.3 is 11.7 Å². The van der Waals surface area contributed by atoms with E-state index in [4.69, 9.17) is 10.5 Å².